The van der Waals surface area contributed by atoms with Crippen molar-refractivity contribution >= 4 is 40.8 Å². The van der Waals surface area contributed by atoms with E-state index in [9.17, 15) is 19.2 Å². The number of fused-ring (bicyclic) bond motifs is 1. The minimum absolute atomic E-state index is 0.155. The lowest BCUT2D eigenvalue weighted by molar-refractivity contribution is -0.136. The van der Waals surface area contributed by atoms with E-state index >= 15 is 0 Å². The molecule has 7 N–H and O–H groups in total. The molecule has 0 saturated carbocycles. The largest absolute Gasteiger partial charge is 0.382 e. The highest BCUT2D eigenvalue weighted by molar-refractivity contribution is 6.06. The van der Waals surface area contributed by atoms with Gasteiger partial charge in [-0.2, -0.15) is 0 Å². The van der Waals surface area contributed by atoms with Gasteiger partial charge in [-0.25, -0.2) is 4.79 Å². The summed E-state index contributed by atoms with van der Waals surface area (Å²) in [5, 5.41) is 14.6. The van der Waals surface area contributed by atoms with Crippen LogP contribution in [0.1, 0.15) is 28.8 Å². The number of nitrogens with two attached hydrogens (primary N) is 1. The molecule has 1 atom stereocenters. The number of hydrogen-bond donors (Lipinski definition) is 6. The van der Waals surface area contributed by atoms with Crippen LogP contribution in [0.3, 0.4) is 0 Å². The summed E-state index contributed by atoms with van der Waals surface area (Å²) in [5.41, 5.74) is 8.66. The van der Waals surface area contributed by atoms with Gasteiger partial charge in [0.25, 0.3) is 5.91 Å². The molecule has 0 aliphatic carbocycles. The van der Waals surface area contributed by atoms with Crippen LogP contribution in [0.25, 0.3) is 0 Å². The lowest BCUT2D eigenvalue weighted by Crippen LogP contribution is -2.52. The van der Waals surface area contributed by atoms with Crippen molar-refractivity contribution in [3.8, 4) is 0 Å². The summed E-state index contributed by atoms with van der Waals surface area (Å²) >= 11 is 0. The Hall–Kier alpha value is -4.24. The molecule has 0 spiro atoms. The maximum absolute atomic E-state index is 13.3. The monoisotopic (exact) mass is 597 g/mol. The number of para-hydroxylation sites is 1. The molecule has 2 aromatic carbocycles. The number of benzene rings is 2. The van der Waals surface area contributed by atoms with Crippen molar-refractivity contribution in [3.05, 3.63) is 53.6 Å². The molecule has 14 nitrogen and oxygen atoms in total. The molecule has 2 aliphatic heterocycles. The van der Waals surface area contributed by atoms with E-state index in [1.807, 2.05) is 18.2 Å². The van der Waals surface area contributed by atoms with Gasteiger partial charge in [0.15, 0.2) is 0 Å². The molecule has 2 heterocycles. The highest BCUT2D eigenvalue weighted by atomic mass is 16.5. The second-order valence-electron chi connectivity index (χ2n) is 9.81. The summed E-state index contributed by atoms with van der Waals surface area (Å²) in [7, 11) is 0. The van der Waals surface area contributed by atoms with Crippen LogP contribution in [0.4, 0.5) is 21.9 Å². The molecule has 1 saturated heterocycles. The average Bonchev–Trinajstić information content (AvgIpc) is 3.33. The summed E-state index contributed by atoms with van der Waals surface area (Å²) in [5.74, 6) is -1.06. The molecule has 1 unspecified atom stereocenters. The summed E-state index contributed by atoms with van der Waals surface area (Å²) in [6.07, 6.45) is 0.462. The van der Waals surface area contributed by atoms with Crippen molar-refractivity contribution in [1.82, 2.24) is 15.5 Å². The fourth-order valence-electron chi connectivity index (χ4n) is 4.83. The van der Waals surface area contributed by atoms with E-state index in [-0.39, 0.29) is 44.0 Å². The van der Waals surface area contributed by atoms with Gasteiger partial charge in [-0.05, 0) is 30.7 Å². The number of nitrogens with zero attached hydrogens (tertiary/aromatic N) is 1. The topological polar surface area (TPSA) is 185 Å². The number of ether oxygens (including phenoxy) is 3. The third kappa shape index (κ3) is 9.12. The Kier molecular flexibility index (Phi) is 12.1. The van der Waals surface area contributed by atoms with Crippen molar-refractivity contribution in [2.45, 2.75) is 25.4 Å². The van der Waals surface area contributed by atoms with Gasteiger partial charge >= 0.3 is 6.03 Å². The third-order valence-electron chi connectivity index (χ3n) is 6.89. The van der Waals surface area contributed by atoms with Gasteiger partial charge in [-0.1, -0.05) is 18.2 Å². The molecule has 0 aromatic heterocycles. The normalized spacial score (nSPS) is 16.1. The Morgan fingerprint density at radius 1 is 0.907 bits per heavy atom. The van der Waals surface area contributed by atoms with Crippen molar-refractivity contribution in [2.75, 3.05) is 75.3 Å². The van der Waals surface area contributed by atoms with Crippen molar-refractivity contribution in [3.63, 3.8) is 0 Å². The van der Waals surface area contributed by atoms with E-state index < -0.39 is 11.9 Å². The standard InChI is InChI=1S/C29H39N7O7/c30-19-43-17-16-42-15-14-41-13-12-32-26-22-18-36(24-8-9-25(37)35-27(24)38)28(39)21(22)6-7-23(26)31-10-11-33-29(40)34-20-4-2-1-3-5-20/h1-7,24,31-32H,8-19,30H2,(H2,33,34,40)(H,35,37,38). The van der Waals surface area contributed by atoms with Gasteiger partial charge in [-0.15, -0.1) is 0 Å². The summed E-state index contributed by atoms with van der Waals surface area (Å²) < 4.78 is 16.1. The fraction of sp³-hybridized carbons (Fsp3) is 0.448. The number of anilines is 3. The Labute approximate surface area is 250 Å². The number of urea groups is 1. The first-order chi connectivity index (χ1) is 21.0. The molecule has 5 amide bonds. The first-order valence-electron chi connectivity index (χ1n) is 14.3. The molecule has 43 heavy (non-hydrogen) atoms. The van der Waals surface area contributed by atoms with E-state index in [0.717, 1.165) is 11.3 Å². The predicted octanol–water partition coefficient (Wildman–Crippen LogP) is 1.06. The Morgan fingerprint density at radius 2 is 1.65 bits per heavy atom. The van der Waals surface area contributed by atoms with Gasteiger partial charge in [0, 0.05) is 49.4 Å². The van der Waals surface area contributed by atoms with Crippen LogP contribution in [-0.2, 0) is 30.3 Å². The number of amides is 5. The number of piperidine rings is 1. The quantitative estimate of drug-likeness (QED) is 0.0875. The Balaban J connectivity index is 1.35. The lowest BCUT2D eigenvalue weighted by atomic mass is 10.0. The van der Waals surface area contributed by atoms with Crippen LogP contribution >= 0.6 is 0 Å². The average molecular weight is 598 g/mol. The lowest BCUT2D eigenvalue weighted by Gasteiger charge is -2.29. The van der Waals surface area contributed by atoms with E-state index in [2.05, 4.69) is 26.6 Å². The number of hydrogen-bond acceptors (Lipinski definition) is 10. The smallest absolute Gasteiger partial charge is 0.319 e. The SMILES string of the molecule is NCOCCOCCOCCNc1c(NCCNC(=O)Nc2ccccc2)ccc2c1CN(C1CCC(=O)NC1=O)C2=O. The molecular weight excluding hydrogens is 558 g/mol. The van der Waals surface area contributed by atoms with Gasteiger partial charge in [0.05, 0.1) is 51.1 Å². The molecule has 1 fully saturated rings. The van der Waals surface area contributed by atoms with Crippen LogP contribution in [0.5, 0.6) is 0 Å². The molecule has 14 heteroatoms. The molecule has 232 valence electrons. The minimum atomic E-state index is -0.715. The number of imide groups is 1. The summed E-state index contributed by atoms with van der Waals surface area (Å²) in [6.45, 7) is 3.65. The van der Waals surface area contributed by atoms with E-state index in [4.69, 9.17) is 19.9 Å². The predicted molar refractivity (Wildman–Crippen MR) is 160 cm³/mol. The van der Waals surface area contributed by atoms with Crippen molar-refractivity contribution in [2.24, 2.45) is 5.73 Å². The maximum atomic E-state index is 13.3. The van der Waals surface area contributed by atoms with Gasteiger partial charge in [0.2, 0.25) is 11.8 Å². The van der Waals surface area contributed by atoms with Crippen LogP contribution in [0, 0.1) is 0 Å². The zero-order chi connectivity index (χ0) is 30.4. The van der Waals surface area contributed by atoms with E-state index in [1.165, 1.54) is 4.90 Å². The first kappa shape index (κ1) is 31.7. The highest BCUT2D eigenvalue weighted by Crippen LogP contribution is 2.37. The number of rotatable bonds is 17. The van der Waals surface area contributed by atoms with Crippen LogP contribution < -0.4 is 32.3 Å². The van der Waals surface area contributed by atoms with Crippen molar-refractivity contribution in [1.29, 1.82) is 0 Å². The second-order valence-corrected chi connectivity index (χ2v) is 9.81. The number of carbonyl (C=O) groups excluding carboxylic acids is 4. The second kappa shape index (κ2) is 16.4. The van der Waals surface area contributed by atoms with Crippen LogP contribution in [0.2, 0.25) is 0 Å². The summed E-state index contributed by atoms with van der Waals surface area (Å²) in [4.78, 5) is 51.2. The highest BCUT2D eigenvalue weighted by Gasteiger charge is 2.40. The van der Waals surface area contributed by atoms with E-state index in [1.54, 1.807) is 24.3 Å². The van der Waals surface area contributed by atoms with Crippen LogP contribution in [-0.4, -0.2) is 94.1 Å². The van der Waals surface area contributed by atoms with Gasteiger partial charge in [0.1, 0.15) is 6.04 Å². The van der Waals surface area contributed by atoms with Crippen LogP contribution in [0.15, 0.2) is 42.5 Å². The minimum Gasteiger partial charge on any atom is -0.382 e. The van der Waals surface area contributed by atoms with Gasteiger partial charge in [-0.3, -0.25) is 19.7 Å². The van der Waals surface area contributed by atoms with Crippen molar-refractivity contribution < 1.29 is 33.4 Å². The molecular formula is C29H39N7O7. The van der Waals surface area contributed by atoms with Gasteiger partial charge < -0.3 is 46.1 Å². The number of carbonyl (C=O) groups is 4. The first-order valence-corrected chi connectivity index (χ1v) is 14.3. The zero-order valence-electron chi connectivity index (χ0n) is 24.0. The summed E-state index contributed by atoms with van der Waals surface area (Å²) in [6, 6.07) is 11.6. The zero-order valence-corrected chi connectivity index (χ0v) is 24.0. The molecule has 2 aromatic rings. The third-order valence-corrected chi connectivity index (χ3v) is 6.89. The molecule has 0 radical (unpaired) electrons. The molecule has 2 aliphatic rings. The molecule has 4 rings (SSSR count). The maximum Gasteiger partial charge on any atom is 0.319 e. The number of nitrogens with one attached hydrogen (secondary N) is 5. The Bertz CT molecular complexity index is 1260. The Morgan fingerprint density at radius 3 is 2.40 bits per heavy atom. The van der Waals surface area contributed by atoms with E-state index in [0.29, 0.717) is 69.6 Å². The fourth-order valence-corrected chi connectivity index (χ4v) is 4.83. The molecule has 0 bridgehead atoms.